The molecule has 0 fully saturated rings. The Balaban J connectivity index is 3.08. The van der Waals surface area contributed by atoms with Crippen molar-refractivity contribution in [2.45, 2.75) is 6.18 Å². The van der Waals surface area contributed by atoms with E-state index in [1.807, 2.05) is 0 Å². The maximum Gasteiger partial charge on any atom is 0.480 e. The van der Waals surface area contributed by atoms with Gasteiger partial charge >= 0.3 is 13.3 Å². The lowest BCUT2D eigenvalue weighted by Gasteiger charge is -2.09. The van der Waals surface area contributed by atoms with Gasteiger partial charge in [-0.25, -0.2) is 0 Å². The Morgan fingerprint density at radius 3 is 2.27 bits per heavy atom. The molecule has 0 aromatic heterocycles. The fourth-order valence-corrected chi connectivity index (χ4v) is 1.09. The van der Waals surface area contributed by atoms with Crippen LogP contribution in [0.5, 0.6) is 0 Å². The Hall–Kier alpha value is -1.27. The maximum absolute atomic E-state index is 12.4. The molecule has 1 rings (SSSR count). The fourth-order valence-electron chi connectivity index (χ4n) is 1.09. The van der Waals surface area contributed by atoms with Crippen molar-refractivity contribution in [2.75, 3.05) is 0 Å². The number of alkyl halides is 3. The molecule has 2 N–H and O–H groups in total. The molecule has 0 atom stereocenters. The van der Waals surface area contributed by atoms with E-state index in [0.29, 0.717) is 0 Å². The summed E-state index contributed by atoms with van der Waals surface area (Å²) in [7, 11) is -1.76. The van der Waals surface area contributed by atoms with E-state index in [0.717, 1.165) is 18.1 Å². The molecule has 2 nitrogen and oxygen atoms in total. The van der Waals surface area contributed by atoms with E-state index in [2.05, 4.69) is 0 Å². The molecular weight excluding hydrogens is 208 g/mol. The molecule has 0 saturated carbocycles. The highest BCUT2D eigenvalue weighted by molar-refractivity contribution is 6.48. The van der Waals surface area contributed by atoms with Gasteiger partial charge in [0.1, 0.15) is 0 Å². The van der Waals surface area contributed by atoms with E-state index in [9.17, 15) is 13.2 Å². The molecule has 1 aromatic carbocycles. The van der Waals surface area contributed by atoms with Crippen molar-refractivity contribution >= 4 is 13.2 Å². The summed E-state index contributed by atoms with van der Waals surface area (Å²) in [4.78, 5) is 0. The summed E-state index contributed by atoms with van der Waals surface area (Å²) in [5.41, 5.74) is -0.903. The second-order valence-corrected chi connectivity index (χ2v) is 2.86. The van der Waals surface area contributed by atoms with Crippen molar-refractivity contribution in [1.82, 2.24) is 0 Å². The molecule has 15 heavy (non-hydrogen) atoms. The van der Waals surface area contributed by atoms with E-state index in [1.165, 1.54) is 18.2 Å². The van der Waals surface area contributed by atoms with Gasteiger partial charge in [0, 0.05) is 0 Å². The fraction of sp³-hybridized carbons (Fsp3) is 0.111. The highest BCUT2D eigenvalue weighted by atomic mass is 19.4. The highest BCUT2D eigenvalue weighted by Crippen LogP contribution is 2.32. The third-order valence-electron chi connectivity index (χ3n) is 1.71. The van der Waals surface area contributed by atoms with Crippen molar-refractivity contribution in [3.8, 4) is 0 Å². The Kier molecular flexibility index (Phi) is 3.54. The quantitative estimate of drug-likeness (QED) is 0.739. The van der Waals surface area contributed by atoms with Gasteiger partial charge < -0.3 is 10.0 Å². The molecule has 0 saturated heterocycles. The van der Waals surface area contributed by atoms with E-state index in [1.54, 1.807) is 0 Å². The summed E-state index contributed by atoms with van der Waals surface area (Å²) < 4.78 is 37.2. The van der Waals surface area contributed by atoms with Crippen LogP contribution in [0.15, 0.2) is 30.2 Å². The van der Waals surface area contributed by atoms with Crippen LogP contribution in [0.25, 0.3) is 6.08 Å². The van der Waals surface area contributed by atoms with Crippen LogP contribution in [0.3, 0.4) is 0 Å². The zero-order valence-corrected chi connectivity index (χ0v) is 7.57. The van der Waals surface area contributed by atoms with Crippen LogP contribution < -0.4 is 0 Å². The molecule has 0 bridgehead atoms. The Bertz CT molecular complexity index is 361. The smallest absolute Gasteiger partial charge is 0.424 e. The normalized spacial score (nSPS) is 12.1. The van der Waals surface area contributed by atoms with Gasteiger partial charge in [0.25, 0.3) is 0 Å². The second-order valence-electron chi connectivity index (χ2n) is 2.86. The molecule has 0 aliphatic heterocycles. The molecule has 0 heterocycles. The van der Waals surface area contributed by atoms with Crippen molar-refractivity contribution < 1.29 is 23.2 Å². The number of halogens is 3. The second kappa shape index (κ2) is 4.50. The third-order valence-corrected chi connectivity index (χ3v) is 1.71. The van der Waals surface area contributed by atoms with Crippen LogP contribution in [0.4, 0.5) is 13.2 Å². The van der Waals surface area contributed by atoms with Crippen LogP contribution in [0, 0.1) is 0 Å². The molecule has 0 unspecified atom stereocenters. The van der Waals surface area contributed by atoms with Gasteiger partial charge in [-0.05, 0) is 11.6 Å². The van der Waals surface area contributed by atoms with E-state index in [-0.39, 0.29) is 5.56 Å². The molecule has 0 aliphatic carbocycles. The van der Waals surface area contributed by atoms with Gasteiger partial charge in [0.15, 0.2) is 0 Å². The maximum atomic E-state index is 12.4. The molecule has 6 heteroatoms. The van der Waals surface area contributed by atoms with E-state index < -0.39 is 18.9 Å². The zero-order chi connectivity index (χ0) is 11.5. The van der Waals surface area contributed by atoms with Crippen LogP contribution in [0.2, 0.25) is 0 Å². The summed E-state index contributed by atoms with van der Waals surface area (Å²) in [5.74, 6) is 0.866. The lowest BCUT2D eigenvalue weighted by atomic mass is 9.90. The number of benzene rings is 1. The minimum absolute atomic E-state index is 0.0990. The largest absolute Gasteiger partial charge is 0.480 e. The Morgan fingerprint density at radius 1 is 1.13 bits per heavy atom. The van der Waals surface area contributed by atoms with Gasteiger partial charge in [0.05, 0.1) is 5.56 Å². The minimum atomic E-state index is -4.44. The lowest BCUT2D eigenvalue weighted by Crippen LogP contribution is -2.08. The molecular formula is C9H8BF3O2. The average molecular weight is 216 g/mol. The summed E-state index contributed by atoms with van der Waals surface area (Å²) in [6.45, 7) is 0. The number of rotatable bonds is 2. The van der Waals surface area contributed by atoms with Crippen molar-refractivity contribution in [3.63, 3.8) is 0 Å². The molecule has 80 valence electrons. The van der Waals surface area contributed by atoms with Gasteiger partial charge in [-0.15, -0.1) is 0 Å². The predicted octanol–water partition coefficient (Wildman–Crippen LogP) is 1.73. The van der Waals surface area contributed by atoms with Crippen LogP contribution in [-0.4, -0.2) is 17.2 Å². The van der Waals surface area contributed by atoms with Gasteiger partial charge in [-0.1, -0.05) is 30.3 Å². The first-order valence-corrected chi connectivity index (χ1v) is 4.12. The van der Waals surface area contributed by atoms with Crippen LogP contribution in [-0.2, 0) is 6.18 Å². The summed E-state index contributed by atoms with van der Waals surface area (Å²) in [6, 6.07) is 4.90. The number of hydrogen-bond acceptors (Lipinski definition) is 2. The van der Waals surface area contributed by atoms with Crippen molar-refractivity contribution in [1.29, 1.82) is 0 Å². The Labute approximate surface area is 84.8 Å². The first kappa shape index (κ1) is 11.8. The first-order valence-electron chi connectivity index (χ1n) is 4.12. The van der Waals surface area contributed by atoms with E-state index >= 15 is 0 Å². The predicted molar refractivity (Wildman–Crippen MR) is 50.7 cm³/mol. The molecule has 1 aromatic rings. The third kappa shape index (κ3) is 3.41. The van der Waals surface area contributed by atoms with Crippen LogP contribution in [0.1, 0.15) is 11.1 Å². The molecule has 0 aliphatic rings. The average Bonchev–Trinajstić information content (AvgIpc) is 2.13. The van der Waals surface area contributed by atoms with Crippen LogP contribution >= 0.6 is 0 Å². The van der Waals surface area contributed by atoms with Gasteiger partial charge in [-0.3, -0.25) is 0 Å². The minimum Gasteiger partial charge on any atom is -0.424 e. The molecule has 0 radical (unpaired) electrons. The van der Waals surface area contributed by atoms with E-state index in [4.69, 9.17) is 10.0 Å². The summed E-state index contributed by atoms with van der Waals surface area (Å²) >= 11 is 0. The molecule has 0 spiro atoms. The van der Waals surface area contributed by atoms with Gasteiger partial charge in [-0.2, -0.15) is 13.2 Å². The highest BCUT2D eigenvalue weighted by Gasteiger charge is 2.32. The summed E-state index contributed by atoms with van der Waals surface area (Å²) in [5, 5.41) is 17.0. The topological polar surface area (TPSA) is 40.5 Å². The number of hydrogen-bond donors (Lipinski definition) is 2. The lowest BCUT2D eigenvalue weighted by molar-refractivity contribution is -0.137. The van der Waals surface area contributed by atoms with Crippen molar-refractivity contribution in [2.24, 2.45) is 0 Å². The monoisotopic (exact) mass is 216 g/mol. The van der Waals surface area contributed by atoms with Crippen molar-refractivity contribution in [3.05, 3.63) is 41.4 Å². The zero-order valence-electron chi connectivity index (χ0n) is 7.57. The summed E-state index contributed by atoms with van der Waals surface area (Å²) in [6.07, 6.45) is -3.42. The molecule has 0 amide bonds. The standard InChI is InChI=1S/C9H8BF3O2/c11-9(12,13)8-4-2-1-3-7(8)5-6-10(14)15/h1-6,14-15H/b6-5+. The Morgan fingerprint density at radius 2 is 1.73 bits per heavy atom. The SMILES string of the molecule is OB(O)/C=C/c1ccccc1C(F)(F)F. The van der Waals surface area contributed by atoms with Gasteiger partial charge in [0.2, 0.25) is 0 Å². The first-order chi connectivity index (χ1) is 6.91.